The van der Waals surface area contributed by atoms with Crippen LogP contribution in [0.25, 0.3) is 11.4 Å². The van der Waals surface area contributed by atoms with Crippen molar-refractivity contribution in [3.8, 4) is 11.4 Å². The van der Waals surface area contributed by atoms with Crippen LogP contribution in [0.15, 0.2) is 93.9 Å². The molecule has 0 radical (unpaired) electrons. The molecule has 32 heavy (non-hydrogen) atoms. The fourth-order valence-electron chi connectivity index (χ4n) is 4.31. The maximum Gasteiger partial charge on any atom is 0.249 e. The normalized spacial score (nSPS) is 15.9. The maximum atomic E-state index is 13.9. The van der Waals surface area contributed by atoms with Crippen LogP contribution in [0.4, 0.5) is 0 Å². The van der Waals surface area contributed by atoms with Gasteiger partial charge in [-0.1, -0.05) is 81.8 Å². The zero-order valence-electron chi connectivity index (χ0n) is 17.4. The van der Waals surface area contributed by atoms with E-state index in [1.165, 1.54) is 0 Å². The Kier molecular flexibility index (Phi) is 5.86. The summed E-state index contributed by atoms with van der Waals surface area (Å²) in [6.07, 6.45) is 1.71. The number of carbonyl (C=O) groups excluding carboxylic acids is 1. The van der Waals surface area contributed by atoms with Gasteiger partial charge in [0, 0.05) is 16.6 Å². The Morgan fingerprint density at radius 1 is 0.938 bits per heavy atom. The molecule has 1 aliphatic rings. The first kappa shape index (κ1) is 20.6. The lowest BCUT2D eigenvalue weighted by molar-refractivity contribution is -0.133. The van der Waals surface area contributed by atoms with Gasteiger partial charge < -0.3 is 9.42 Å². The Labute approximate surface area is 195 Å². The first-order valence-electron chi connectivity index (χ1n) is 10.7. The molecule has 0 spiro atoms. The molecule has 0 N–H and O–H groups in total. The topological polar surface area (TPSA) is 59.2 Å². The molecule has 5 nitrogen and oxygen atoms in total. The third kappa shape index (κ3) is 4.10. The molecule has 1 aliphatic heterocycles. The van der Waals surface area contributed by atoms with E-state index in [0.29, 0.717) is 18.3 Å². The average molecular weight is 488 g/mol. The Balaban J connectivity index is 1.45. The molecule has 1 saturated heterocycles. The summed E-state index contributed by atoms with van der Waals surface area (Å²) < 4.78 is 6.63. The van der Waals surface area contributed by atoms with Gasteiger partial charge in [-0.15, -0.1) is 0 Å². The van der Waals surface area contributed by atoms with Gasteiger partial charge in [0.1, 0.15) is 6.04 Å². The predicted octanol–water partition coefficient (Wildman–Crippen LogP) is 5.99. The van der Waals surface area contributed by atoms with Crippen molar-refractivity contribution in [2.45, 2.75) is 24.8 Å². The molecule has 1 amide bonds. The van der Waals surface area contributed by atoms with Crippen LogP contribution in [0.2, 0.25) is 0 Å². The first-order chi connectivity index (χ1) is 15.7. The molecule has 6 heteroatoms. The highest BCUT2D eigenvalue weighted by molar-refractivity contribution is 9.10. The minimum absolute atomic E-state index is 0.0632. The lowest BCUT2D eigenvalue weighted by atomic mass is 9.90. The van der Waals surface area contributed by atoms with Crippen molar-refractivity contribution in [3.05, 3.63) is 106 Å². The standard InChI is InChI=1S/C26H22BrN3O2/c27-21-15-13-20(14-16-21)24-28-25(32-29-24)22-12-7-17-30(22)26(31)23(18-8-3-1-4-9-18)19-10-5-2-6-11-19/h1-6,8-11,13-16,22-23H,7,12,17H2. The largest absolute Gasteiger partial charge is 0.337 e. The Morgan fingerprint density at radius 3 is 2.19 bits per heavy atom. The summed E-state index contributed by atoms with van der Waals surface area (Å²) in [6.45, 7) is 0.676. The summed E-state index contributed by atoms with van der Waals surface area (Å²) in [5.74, 6) is 0.725. The SMILES string of the molecule is O=C(C(c1ccccc1)c1ccccc1)N1CCCC1c1nc(-c2ccc(Br)cc2)no1. The van der Waals surface area contributed by atoms with Crippen molar-refractivity contribution in [3.63, 3.8) is 0 Å². The van der Waals surface area contributed by atoms with E-state index in [2.05, 4.69) is 26.1 Å². The Bertz CT molecular complexity index is 1150. The molecule has 5 rings (SSSR count). The fraction of sp³-hybridized carbons (Fsp3) is 0.192. The maximum absolute atomic E-state index is 13.9. The number of benzene rings is 3. The second kappa shape index (κ2) is 9.09. The molecule has 0 aliphatic carbocycles. The molecule has 1 fully saturated rings. The van der Waals surface area contributed by atoms with Crippen molar-refractivity contribution in [1.29, 1.82) is 0 Å². The van der Waals surface area contributed by atoms with Crippen molar-refractivity contribution in [1.82, 2.24) is 15.0 Å². The van der Waals surface area contributed by atoms with E-state index in [4.69, 9.17) is 4.52 Å². The second-order valence-electron chi connectivity index (χ2n) is 7.91. The van der Waals surface area contributed by atoms with Gasteiger partial charge in [-0.2, -0.15) is 4.98 Å². The molecule has 0 bridgehead atoms. The monoisotopic (exact) mass is 487 g/mol. The molecule has 2 heterocycles. The molecular weight excluding hydrogens is 466 g/mol. The number of likely N-dealkylation sites (tertiary alicyclic amines) is 1. The lowest BCUT2D eigenvalue weighted by Crippen LogP contribution is -2.35. The molecule has 1 aromatic heterocycles. The van der Waals surface area contributed by atoms with E-state index in [9.17, 15) is 4.79 Å². The average Bonchev–Trinajstić information content (AvgIpc) is 3.51. The fourth-order valence-corrected chi connectivity index (χ4v) is 4.57. The van der Waals surface area contributed by atoms with Crippen LogP contribution in [0.3, 0.4) is 0 Å². The number of rotatable bonds is 5. The van der Waals surface area contributed by atoms with E-state index >= 15 is 0 Å². The van der Waals surface area contributed by atoms with Crippen LogP contribution < -0.4 is 0 Å². The Morgan fingerprint density at radius 2 is 1.56 bits per heavy atom. The number of hydrogen-bond acceptors (Lipinski definition) is 4. The molecule has 1 unspecified atom stereocenters. The van der Waals surface area contributed by atoms with Crippen molar-refractivity contribution >= 4 is 21.8 Å². The zero-order chi connectivity index (χ0) is 21.9. The van der Waals surface area contributed by atoms with E-state index in [1.807, 2.05) is 89.8 Å². The van der Waals surface area contributed by atoms with Gasteiger partial charge in [0.25, 0.3) is 0 Å². The summed E-state index contributed by atoms with van der Waals surface area (Å²) in [5.41, 5.74) is 2.84. The van der Waals surface area contributed by atoms with Crippen LogP contribution in [0, 0.1) is 0 Å². The highest BCUT2D eigenvalue weighted by Crippen LogP contribution is 2.36. The second-order valence-corrected chi connectivity index (χ2v) is 8.82. The lowest BCUT2D eigenvalue weighted by Gasteiger charge is -2.27. The van der Waals surface area contributed by atoms with Crippen LogP contribution in [0.1, 0.15) is 41.8 Å². The van der Waals surface area contributed by atoms with Gasteiger partial charge in [-0.05, 0) is 48.2 Å². The molecule has 4 aromatic rings. The van der Waals surface area contributed by atoms with E-state index in [1.54, 1.807) is 0 Å². The van der Waals surface area contributed by atoms with Crippen LogP contribution in [-0.4, -0.2) is 27.5 Å². The molecule has 160 valence electrons. The number of aromatic nitrogens is 2. The number of carbonyl (C=O) groups is 1. The summed E-state index contributed by atoms with van der Waals surface area (Å²) in [4.78, 5) is 20.4. The Hall–Kier alpha value is -3.25. The van der Waals surface area contributed by atoms with E-state index < -0.39 is 0 Å². The van der Waals surface area contributed by atoms with E-state index in [0.717, 1.165) is 34.0 Å². The number of nitrogens with zero attached hydrogens (tertiary/aromatic N) is 3. The van der Waals surface area contributed by atoms with Crippen molar-refractivity contribution < 1.29 is 9.32 Å². The predicted molar refractivity (Wildman–Crippen MR) is 126 cm³/mol. The summed E-state index contributed by atoms with van der Waals surface area (Å²) >= 11 is 3.44. The summed E-state index contributed by atoms with van der Waals surface area (Å²) in [5, 5.41) is 4.18. The van der Waals surface area contributed by atoms with Gasteiger partial charge >= 0.3 is 0 Å². The molecular formula is C26H22BrN3O2. The van der Waals surface area contributed by atoms with Gasteiger partial charge in [0.15, 0.2) is 0 Å². The van der Waals surface area contributed by atoms with Gasteiger partial charge in [-0.25, -0.2) is 0 Å². The summed E-state index contributed by atoms with van der Waals surface area (Å²) in [6, 6.07) is 27.4. The molecule has 3 aromatic carbocycles. The van der Waals surface area contributed by atoms with Gasteiger partial charge in [-0.3, -0.25) is 4.79 Å². The minimum atomic E-state index is -0.369. The van der Waals surface area contributed by atoms with Crippen molar-refractivity contribution in [2.24, 2.45) is 0 Å². The minimum Gasteiger partial charge on any atom is -0.337 e. The first-order valence-corrected chi connectivity index (χ1v) is 11.5. The number of halogens is 1. The highest BCUT2D eigenvalue weighted by Gasteiger charge is 2.38. The van der Waals surface area contributed by atoms with Gasteiger partial charge in [0.05, 0.1) is 5.92 Å². The van der Waals surface area contributed by atoms with Crippen LogP contribution in [-0.2, 0) is 4.79 Å². The summed E-state index contributed by atoms with van der Waals surface area (Å²) in [7, 11) is 0. The van der Waals surface area contributed by atoms with Crippen LogP contribution in [0.5, 0.6) is 0 Å². The highest BCUT2D eigenvalue weighted by atomic mass is 79.9. The third-order valence-electron chi connectivity index (χ3n) is 5.88. The molecule has 0 saturated carbocycles. The number of amides is 1. The van der Waals surface area contributed by atoms with Crippen molar-refractivity contribution in [2.75, 3.05) is 6.54 Å². The third-order valence-corrected chi connectivity index (χ3v) is 6.41. The van der Waals surface area contributed by atoms with Crippen LogP contribution >= 0.6 is 15.9 Å². The quantitative estimate of drug-likeness (QED) is 0.346. The van der Waals surface area contributed by atoms with Gasteiger partial charge in [0.2, 0.25) is 17.6 Å². The number of hydrogen-bond donors (Lipinski definition) is 0. The molecule has 1 atom stereocenters. The zero-order valence-corrected chi connectivity index (χ0v) is 19.0. The smallest absolute Gasteiger partial charge is 0.249 e. The van der Waals surface area contributed by atoms with E-state index in [-0.39, 0.29) is 17.9 Å².